The zero-order chi connectivity index (χ0) is 19.1. The zero-order valence-electron chi connectivity index (χ0n) is 15.4. The Morgan fingerprint density at radius 2 is 1.78 bits per heavy atom. The van der Waals surface area contributed by atoms with E-state index in [-0.39, 0.29) is 5.91 Å². The van der Waals surface area contributed by atoms with Gasteiger partial charge in [-0.15, -0.1) is 0 Å². The van der Waals surface area contributed by atoms with Gasteiger partial charge in [-0.1, -0.05) is 29.8 Å². The summed E-state index contributed by atoms with van der Waals surface area (Å²) >= 11 is 0. The van der Waals surface area contributed by atoms with Gasteiger partial charge in [-0.25, -0.2) is 9.97 Å². The van der Waals surface area contributed by atoms with E-state index in [4.69, 9.17) is 4.74 Å². The lowest BCUT2D eigenvalue weighted by Gasteiger charge is -2.08. The van der Waals surface area contributed by atoms with E-state index in [9.17, 15) is 4.79 Å². The van der Waals surface area contributed by atoms with E-state index >= 15 is 0 Å². The zero-order valence-corrected chi connectivity index (χ0v) is 15.4. The normalized spacial score (nSPS) is 10.3. The molecule has 1 aromatic heterocycles. The molecule has 2 aromatic carbocycles. The summed E-state index contributed by atoms with van der Waals surface area (Å²) in [6.07, 6.45) is 2.12. The maximum Gasteiger partial charge on any atom is 0.270 e. The van der Waals surface area contributed by atoms with Gasteiger partial charge in [-0.05, 0) is 43.2 Å². The summed E-state index contributed by atoms with van der Waals surface area (Å²) in [5.74, 6) is 1.17. The Kier molecular flexibility index (Phi) is 5.99. The highest BCUT2D eigenvalue weighted by atomic mass is 16.5. The van der Waals surface area contributed by atoms with Gasteiger partial charge in [-0.2, -0.15) is 0 Å². The monoisotopic (exact) mass is 362 g/mol. The molecule has 2 N–H and O–H groups in total. The number of carbonyl (C=O) groups excluding carboxylic acids is 1. The Balaban J connectivity index is 1.55. The van der Waals surface area contributed by atoms with Crippen molar-refractivity contribution in [2.45, 2.75) is 13.3 Å². The largest absolute Gasteiger partial charge is 0.497 e. The molecule has 0 fully saturated rings. The second-order valence-electron chi connectivity index (χ2n) is 6.13. The molecule has 1 heterocycles. The van der Waals surface area contributed by atoms with Crippen LogP contribution in [0.4, 0.5) is 11.5 Å². The van der Waals surface area contributed by atoms with Gasteiger partial charge in [0.15, 0.2) is 0 Å². The Hall–Kier alpha value is -3.41. The average molecular weight is 362 g/mol. The van der Waals surface area contributed by atoms with E-state index in [1.54, 1.807) is 13.2 Å². The summed E-state index contributed by atoms with van der Waals surface area (Å²) in [6.45, 7) is 2.55. The van der Waals surface area contributed by atoms with Crippen molar-refractivity contribution in [2.24, 2.45) is 0 Å². The fourth-order valence-electron chi connectivity index (χ4n) is 2.54. The molecular weight excluding hydrogens is 340 g/mol. The molecule has 0 aliphatic heterocycles. The predicted molar refractivity (Wildman–Crippen MR) is 106 cm³/mol. The summed E-state index contributed by atoms with van der Waals surface area (Å²) < 4.78 is 5.14. The molecule has 1 amide bonds. The third-order valence-electron chi connectivity index (χ3n) is 4.08. The van der Waals surface area contributed by atoms with E-state index in [0.29, 0.717) is 18.1 Å². The first-order valence-electron chi connectivity index (χ1n) is 8.71. The number of anilines is 2. The van der Waals surface area contributed by atoms with Crippen molar-refractivity contribution in [3.63, 3.8) is 0 Å². The summed E-state index contributed by atoms with van der Waals surface area (Å²) in [5.41, 5.74) is 3.54. The molecule has 3 aromatic rings. The third kappa shape index (κ3) is 5.28. The van der Waals surface area contributed by atoms with Crippen LogP contribution in [0.25, 0.3) is 0 Å². The number of ether oxygens (including phenoxy) is 1. The second kappa shape index (κ2) is 8.80. The highest BCUT2D eigenvalue weighted by Gasteiger charge is 2.08. The van der Waals surface area contributed by atoms with Crippen LogP contribution in [0.3, 0.4) is 0 Å². The van der Waals surface area contributed by atoms with Crippen LogP contribution >= 0.6 is 0 Å². The van der Waals surface area contributed by atoms with Gasteiger partial charge in [0.1, 0.15) is 23.6 Å². The number of carbonyl (C=O) groups is 1. The Morgan fingerprint density at radius 1 is 1.04 bits per heavy atom. The van der Waals surface area contributed by atoms with Crippen LogP contribution in [0, 0.1) is 6.92 Å². The smallest absolute Gasteiger partial charge is 0.270 e. The molecule has 0 aliphatic carbocycles. The molecule has 0 spiro atoms. The quantitative estimate of drug-likeness (QED) is 0.673. The van der Waals surface area contributed by atoms with Gasteiger partial charge in [0.25, 0.3) is 5.91 Å². The van der Waals surface area contributed by atoms with Gasteiger partial charge >= 0.3 is 0 Å². The number of methoxy groups -OCH3 is 1. The van der Waals surface area contributed by atoms with Gasteiger partial charge in [0, 0.05) is 18.3 Å². The molecule has 0 atom stereocenters. The maximum absolute atomic E-state index is 12.3. The minimum absolute atomic E-state index is 0.224. The Labute approximate surface area is 158 Å². The molecular formula is C21H22N4O2. The lowest BCUT2D eigenvalue weighted by Crippen LogP contribution is -2.26. The SMILES string of the molecule is COc1ccc(CCNC(=O)c2cc(Nc3ccc(C)cc3)ncn2)cc1. The van der Waals surface area contributed by atoms with Crippen LogP contribution < -0.4 is 15.4 Å². The topological polar surface area (TPSA) is 76.1 Å². The van der Waals surface area contributed by atoms with E-state index < -0.39 is 0 Å². The summed E-state index contributed by atoms with van der Waals surface area (Å²) in [5, 5.41) is 6.06. The molecule has 27 heavy (non-hydrogen) atoms. The number of hydrogen-bond acceptors (Lipinski definition) is 5. The minimum Gasteiger partial charge on any atom is -0.497 e. The van der Waals surface area contributed by atoms with E-state index in [0.717, 1.165) is 23.4 Å². The Morgan fingerprint density at radius 3 is 2.48 bits per heavy atom. The number of hydrogen-bond donors (Lipinski definition) is 2. The number of benzene rings is 2. The van der Waals surface area contributed by atoms with Crippen LogP contribution in [0.15, 0.2) is 60.9 Å². The summed E-state index contributed by atoms with van der Waals surface area (Å²) in [7, 11) is 1.64. The molecule has 6 nitrogen and oxygen atoms in total. The maximum atomic E-state index is 12.3. The van der Waals surface area contributed by atoms with Crippen LogP contribution in [-0.4, -0.2) is 29.5 Å². The standard InChI is InChI=1S/C21H22N4O2/c1-15-3-7-17(8-4-15)25-20-13-19(23-14-24-20)21(26)22-12-11-16-5-9-18(27-2)10-6-16/h3-10,13-14H,11-12H2,1-2H3,(H,22,26)(H,23,24,25). The molecule has 6 heteroatoms. The van der Waals surface area contributed by atoms with E-state index in [1.165, 1.54) is 11.9 Å². The van der Waals surface area contributed by atoms with Gasteiger partial charge in [-0.3, -0.25) is 4.79 Å². The van der Waals surface area contributed by atoms with Crippen LogP contribution in [0.2, 0.25) is 0 Å². The third-order valence-corrected chi connectivity index (χ3v) is 4.08. The first-order valence-corrected chi connectivity index (χ1v) is 8.71. The van der Waals surface area contributed by atoms with Crippen molar-refractivity contribution in [1.29, 1.82) is 0 Å². The van der Waals surface area contributed by atoms with Crippen LogP contribution in [0.5, 0.6) is 5.75 Å². The van der Waals surface area contributed by atoms with Crippen molar-refractivity contribution in [1.82, 2.24) is 15.3 Å². The number of nitrogens with one attached hydrogen (secondary N) is 2. The lowest BCUT2D eigenvalue weighted by molar-refractivity contribution is 0.0949. The fourth-order valence-corrected chi connectivity index (χ4v) is 2.54. The molecule has 0 saturated heterocycles. The minimum atomic E-state index is -0.224. The molecule has 138 valence electrons. The molecule has 0 unspecified atom stereocenters. The molecule has 0 saturated carbocycles. The molecule has 0 aliphatic rings. The lowest BCUT2D eigenvalue weighted by atomic mass is 10.1. The number of nitrogens with zero attached hydrogens (tertiary/aromatic N) is 2. The number of amides is 1. The van der Waals surface area contributed by atoms with Crippen molar-refractivity contribution in [2.75, 3.05) is 19.0 Å². The summed E-state index contributed by atoms with van der Waals surface area (Å²) in [6, 6.07) is 17.4. The fraction of sp³-hybridized carbons (Fsp3) is 0.190. The van der Waals surface area contributed by atoms with Gasteiger partial charge in [0.05, 0.1) is 7.11 Å². The highest BCUT2D eigenvalue weighted by molar-refractivity contribution is 5.92. The molecule has 0 radical (unpaired) electrons. The first kappa shape index (κ1) is 18.4. The number of aryl methyl sites for hydroxylation is 1. The Bertz CT molecular complexity index is 893. The molecule has 0 bridgehead atoms. The van der Waals surface area contributed by atoms with E-state index in [1.807, 2.05) is 55.5 Å². The van der Waals surface area contributed by atoms with Crippen molar-refractivity contribution >= 4 is 17.4 Å². The highest BCUT2D eigenvalue weighted by Crippen LogP contribution is 2.15. The number of aromatic nitrogens is 2. The van der Waals surface area contributed by atoms with Crippen molar-refractivity contribution in [3.05, 3.63) is 77.7 Å². The predicted octanol–water partition coefficient (Wildman–Crippen LogP) is 3.51. The van der Waals surface area contributed by atoms with Crippen LogP contribution in [-0.2, 0) is 6.42 Å². The van der Waals surface area contributed by atoms with Crippen LogP contribution in [0.1, 0.15) is 21.6 Å². The van der Waals surface area contributed by atoms with Crippen molar-refractivity contribution in [3.8, 4) is 5.75 Å². The second-order valence-corrected chi connectivity index (χ2v) is 6.13. The summed E-state index contributed by atoms with van der Waals surface area (Å²) in [4.78, 5) is 20.6. The van der Waals surface area contributed by atoms with Gasteiger partial charge < -0.3 is 15.4 Å². The molecule has 3 rings (SSSR count). The first-order chi connectivity index (χ1) is 13.1. The average Bonchev–Trinajstić information content (AvgIpc) is 2.70. The van der Waals surface area contributed by atoms with Crippen molar-refractivity contribution < 1.29 is 9.53 Å². The van der Waals surface area contributed by atoms with E-state index in [2.05, 4.69) is 20.6 Å². The van der Waals surface area contributed by atoms with Gasteiger partial charge in [0.2, 0.25) is 0 Å². The number of rotatable bonds is 7.